The molecule has 3 nitrogen and oxygen atoms in total. The third-order valence-electron chi connectivity index (χ3n) is 2.94. The van der Waals surface area contributed by atoms with E-state index in [9.17, 15) is 5.11 Å². The lowest BCUT2D eigenvalue weighted by molar-refractivity contribution is 0.474. The molecule has 0 unspecified atom stereocenters. The zero-order valence-corrected chi connectivity index (χ0v) is 10.5. The summed E-state index contributed by atoms with van der Waals surface area (Å²) in [6, 6.07) is 15.1. The third kappa shape index (κ3) is 2.74. The number of hydrogen-bond acceptors (Lipinski definition) is 3. The minimum atomic E-state index is 0.296. The highest BCUT2D eigenvalue weighted by molar-refractivity contribution is 5.67. The molecular formula is C15H18N2O. The molecule has 3 heteroatoms. The van der Waals surface area contributed by atoms with E-state index in [2.05, 4.69) is 11.8 Å². The van der Waals surface area contributed by atoms with Crippen LogP contribution in [0.5, 0.6) is 5.75 Å². The summed E-state index contributed by atoms with van der Waals surface area (Å²) < 4.78 is 0. The van der Waals surface area contributed by atoms with Crippen molar-refractivity contribution in [3.8, 4) is 5.75 Å². The van der Waals surface area contributed by atoms with Crippen LogP contribution in [0.4, 0.5) is 11.4 Å². The molecule has 0 spiro atoms. The highest BCUT2D eigenvalue weighted by atomic mass is 16.3. The van der Waals surface area contributed by atoms with Crippen LogP contribution < -0.4 is 10.6 Å². The molecule has 0 saturated carbocycles. The fraction of sp³-hybridized carbons (Fsp3) is 0.200. The molecule has 0 fully saturated rings. The van der Waals surface area contributed by atoms with Crippen LogP contribution in [0.2, 0.25) is 0 Å². The second kappa shape index (κ2) is 5.45. The van der Waals surface area contributed by atoms with Crippen molar-refractivity contribution >= 4 is 11.4 Å². The van der Waals surface area contributed by atoms with Gasteiger partial charge >= 0.3 is 0 Å². The largest absolute Gasteiger partial charge is 0.508 e. The summed E-state index contributed by atoms with van der Waals surface area (Å²) in [4.78, 5) is 2.18. The molecule has 18 heavy (non-hydrogen) atoms. The summed E-state index contributed by atoms with van der Waals surface area (Å²) in [6.07, 6.45) is 0. The molecule has 0 aliphatic heterocycles. The third-order valence-corrected chi connectivity index (χ3v) is 2.94. The molecule has 0 aliphatic rings. The number of phenols is 1. The summed E-state index contributed by atoms with van der Waals surface area (Å²) in [7, 11) is 0. The van der Waals surface area contributed by atoms with E-state index in [1.165, 1.54) is 0 Å². The van der Waals surface area contributed by atoms with Crippen molar-refractivity contribution in [3.63, 3.8) is 0 Å². The van der Waals surface area contributed by atoms with Gasteiger partial charge in [-0.05, 0) is 36.8 Å². The summed E-state index contributed by atoms with van der Waals surface area (Å²) in [6.45, 7) is 3.69. The van der Waals surface area contributed by atoms with Crippen LogP contribution in [0.15, 0.2) is 48.5 Å². The molecule has 2 aromatic carbocycles. The molecule has 0 amide bonds. The van der Waals surface area contributed by atoms with Gasteiger partial charge in [0.25, 0.3) is 0 Å². The maximum atomic E-state index is 9.48. The SMILES string of the molecule is CCN(Cc1cccc(O)c1)c1ccccc1N. The Hall–Kier alpha value is -2.16. The standard InChI is InChI=1S/C15H18N2O/c1-2-17(15-9-4-3-8-14(15)16)11-12-6-5-7-13(18)10-12/h3-10,18H,2,11,16H2,1H3. The molecule has 0 aromatic heterocycles. The highest BCUT2D eigenvalue weighted by Gasteiger charge is 2.08. The molecule has 0 heterocycles. The van der Waals surface area contributed by atoms with E-state index in [1.807, 2.05) is 36.4 Å². The van der Waals surface area contributed by atoms with Gasteiger partial charge in [-0.2, -0.15) is 0 Å². The van der Waals surface area contributed by atoms with Crippen molar-refractivity contribution in [2.45, 2.75) is 13.5 Å². The molecule has 2 aromatic rings. The van der Waals surface area contributed by atoms with Gasteiger partial charge in [0.05, 0.1) is 11.4 Å². The van der Waals surface area contributed by atoms with E-state index in [0.717, 1.165) is 30.0 Å². The van der Waals surface area contributed by atoms with Crippen LogP contribution in [-0.4, -0.2) is 11.7 Å². The van der Waals surface area contributed by atoms with Gasteiger partial charge < -0.3 is 15.7 Å². The Balaban J connectivity index is 2.23. The van der Waals surface area contributed by atoms with Gasteiger partial charge in [-0.15, -0.1) is 0 Å². The zero-order valence-electron chi connectivity index (χ0n) is 10.5. The quantitative estimate of drug-likeness (QED) is 0.810. The van der Waals surface area contributed by atoms with Crippen LogP contribution in [0.1, 0.15) is 12.5 Å². The van der Waals surface area contributed by atoms with E-state index in [4.69, 9.17) is 5.73 Å². The number of nitrogen functional groups attached to an aromatic ring is 1. The van der Waals surface area contributed by atoms with Gasteiger partial charge in [0.1, 0.15) is 5.75 Å². The summed E-state index contributed by atoms with van der Waals surface area (Å²) in [5.41, 5.74) is 8.87. The average Bonchev–Trinajstić information content (AvgIpc) is 2.37. The monoisotopic (exact) mass is 242 g/mol. The normalized spacial score (nSPS) is 10.3. The molecule has 2 rings (SSSR count). The van der Waals surface area contributed by atoms with Crippen LogP contribution >= 0.6 is 0 Å². The number of aromatic hydroxyl groups is 1. The van der Waals surface area contributed by atoms with Gasteiger partial charge in [-0.1, -0.05) is 24.3 Å². The van der Waals surface area contributed by atoms with E-state index in [1.54, 1.807) is 12.1 Å². The number of nitrogens with two attached hydrogens (primary N) is 1. The lowest BCUT2D eigenvalue weighted by Gasteiger charge is -2.24. The Bertz CT molecular complexity index is 525. The molecule has 3 N–H and O–H groups in total. The summed E-state index contributed by atoms with van der Waals surface area (Å²) >= 11 is 0. The molecule has 0 saturated heterocycles. The predicted octanol–water partition coefficient (Wildman–Crippen LogP) is 3.00. The molecular weight excluding hydrogens is 224 g/mol. The predicted molar refractivity (Wildman–Crippen MR) is 75.7 cm³/mol. The second-order valence-corrected chi connectivity index (χ2v) is 4.24. The van der Waals surface area contributed by atoms with Crippen molar-refractivity contribution in [2.75, 3.05) is 17.2 Å². The number of para-hydroxylation sites is 2. The maximum Gasteiger partial charge on any atom is 0.115 e. The first kappa shape index (κ1) is 12.3. The van der Waals surface area contributed by atoms with Crippen LogP contribution in [0.3, 0.4) is 0 Å². The lowest BCUT2D eigenvalue weighted by Crippen LogP contribution is -2.22. The lowest BCUT2D eigenvalue weighted by atomic mass is 10.1. The van der Waals surface area contributed by atoms with Crippen molar-refractivity contribution in [3.05, 3.63) is 54.1 Å². The fourth-order valence-electron chi connectivity index (χ4n) is 2.02. The van der Waals surface area contributed by atoms with Crippen molar-refractivity contribution < 1.29 is 5.11 Å². The Labute approximate surface area is 107 Å². The van der Waals surface area contributed by atoms with Gasteiger partial charge in [0, 0.05) is 13.1 Å². The average molecular weight is 242 g/mol. The molecule has 0 atom stereocenters. The highest BCUT2D eigenvalue weighted by Crippen LogP contribution is 2.24. The first-order valence-corrected chi connectivity index (χ1v) is 6.08. The van der Waals surface area contributed by atoms with E-state index in [0.29, 0.717) is 5.75 Å². The van der Waals surface area contributed by atoms with Crippen LogP contribution in [0, 0.1) is 0 Å². The smallest absolute Gasteiger partial charge is 0.115 e. The zero-order chi connectivity index (χ0) is 13.0. The molecule has 0 aliphatic carbocycles. The van der Waals surface area contributed by atoms with Gasteiger partial charge in [-0.3, -0.25) is 0 Å². The number of benzene rings is 2. The van der Waals surface area contributed by atoms with Crippen molar-refractivity contribution in [1.29, 1.82) is 0 Å². The Morgan fingerprint density at radius 3 is 2.56 bits per heavy atom. The molecule has 0 radical (unpaired) electrons. The Morgan fingerprint density at radius 2 is 1.89 bits per heavy atom. The van der Waals surface area contributed by atoms with Crippen molar-refractivity contribution in [2.24, 2.45) is 0 Å². The van der Waals surface area contributed by atoms with Gasteiger partial charge in [0.15, 0.2) is 0 Å². The minimum absolute atomic E-state index is 0.296. The summed E-state index contributed by atoms with van der Waals surface area (Å²) in [5.74, 6) is 0.296. The maximum absolute atomic E-state index is 9.48. The number of hydrogen-bond donors (Lipinski definition) is 2. The number of nitrogens with zero attached hydrogens (tertiary/aromatic N) is 1. The second-order valence-electron chi connectivity index (χ2n) is 4.24. The molecule has 94 valence electrons. The van der Waals surface area contributed by atoms with E-state index >= 15 is 0 Å². The topological polar surface area (TPSA) is 49.5 Å². The fourth-order valence-corrected chi connectivity index (χ4v) is 2.02. The number of anilines is 2. The van der Waals surface area contributed by atoms with Crippen LogP contribution in [-0.2, 0) is 6.54 Å². The first-order chi connectivity index (χ1) is 8.70. The molecule has 0 bridgehead atoms. The minimum Gasteiger partial charge on any atom is -0.508 e. The Morgan fingerprint density at radius 1 is 1.11 bits per heavy atom. The van der Waals surface area contributed by atoms with Crippen molar-refractivity contribution in [1.82, 2.24) is 0 Å². The Kier molecular flexibility index (Phi) is 3.72. The van der Waals surface area contributed by atoms with Crippen LogP contribution in [0.25, 0.3) is 0 Å². The number of phenolic OH excluding ortho intramolecular Hbond substituents is 1. The number of rotatable bonds is 4. The van der Waals surface area contributed by atoms with E-state index in [-0.39, 0.29) is 0 Å². The van der Waals surface area contributed by atoms with E-state index < -0.39 is 0 Å². The van der Waals surface area contributed by atoms with Gasteiger partial charge in [0.2, 0.25) is 0 Å². The first-order valence-electron chi connectivity index (χ1n) is 6.08. The van der Waals surface area contributed by atoms with Gasteiger partial charge in [-0.25, -0.2) is 0 Å². The summed E-state index contributed by atoms with van der Waals surface area (Å²) in [5, 5.41) is 9.48.